The zero-order chi connectivity index (χ0) is 22.9. The van der Waals surface area contributed by atoms with E-state index in [1.165, 1.54) is 18.1 Å². The number of ether oxygens (including phenoxy) is 2. The van der Waals surface area contributed by atoms with Gasteiger partial charge in [0.2, 0.25) is 0 Å². The molecule has 5 rings (SSSR count). The van der Waals surface area contributed by atoms with Crippen LogP contribution in [0.1, 0.15) is 5.56 Å². The second-order valence-electron chi connectivity index (χ2n) is 7.36. The number of aromatic nitrogens is 6. The first kappa shape index (κ1) is 21.0. The maximum atomic E-state index is 6.17. The van der Waals surface area contributed by atoms with Gasteiger partial charge in [-0.25, -0.2) is 24.9 Å². The summed E-state index contributed by atoms with van der Waals surface area (Å²) in [6, 6.07) is 9.65. The number of anilines is 2. The van der Waals surface area contributed by atoms with Crippen molar-refractivity contribution in [3.63, 3.8) is 0 Å². The van der Waals surface area contributed by atoms with Crippen molar-refractivity contribution in [1.82, 2.24) is 29.5 Å². The Labute approximate surface area is 194 Å². The van der Waals surface area contributed by atoms with E-state index in [1.807, 2.05) is 55.1 Å². The average Bonchev–Trinajstić information content (AvgIpc) is 3.20. The molecule has 0 fully saturated rings. The summed E-state index contributed by atoms with van der Waals surface area (Å²) in [5.74, 6) is 2.58. The van der Waals surface area contributed by atoms with Crippen LogP contribution in [0.2, 0.25) is 0 Å². The van der Waals surface area contributed by atoms with Crippen LogP contribution in [0.25, 0.3) is 22.1 Å². The van der Waals surface area contributed by atoms with Gasteiger partial charge in [0.25, 0.3) is 0 Å². The summed E-state index contributed by atoms with van der Waals surface area (Å²) < 4.78 is 13.8. The maximum Gasteiger partial charge on any atom is 0.188 e. The molecule has 0 aliphatic heterocycles. The molecule has 0 saturated heterocycles. The lowest BCUT2D eigenvalue weighted by Crippen LogP contribution is -2.02. The van der Waals surface area contributed by atoms with Crippen LogP contribution >= 0.6 is 11.8 Å². The van der Waals surface area contributed by atoms with Gasteiger partial charge in [0.1, 0.15) is 34.6 Å². The summed E-state index contributed by atoms with van der Waals surface area (Å²) in [4.78, 5) is 21.9. The molecule has 0 atom stereocenters. The Morgan fingerprint density at radius 1 is 1.00 bits per heavy atom. The SMILES string of the molecule is COc1cc(Oc2ccc3c(c2)ncn3C)c(C)cc1Nc1ncnc2cnc(SC)nc12. The van der Waals surface area contributed by atoms with E-state index in [9.17, 15) is 0 Å². The molecule has 166 valence electrons. The Morgan fingerprint density at radius 3 is 2.70 bits per heavy atom. The van der Waals surface area contributed by atoms with Gasteiger partial charge in [0, 0.05) is 19.2 Å². The zero-order valence-corrected chi connectivity index (χ0v) is 19.3. The first-order valence-corrected chi connectivity index (χ1v) is 11.3. The molecule has 0 bridgehead atoms. The van der Waals surface area contributed by atoms with E-state index in [0.717, 1.165) is 22.3 Å². The van der Waals surface area contributed by atoms with Crippen LogP contribution in [0.15, 0.2) is 54.3 Å². The van der Waals surface area contributed by atoms with Crippen molar-refractivity contribution in [1.29, 1.82) is 0 Å². The standard InChI is InChI=1S/C23H21N7O2S/c1-13-7-16(28-22-21-17(25-11-26-22)10-24-23(29-21)33-4)20(31-3)9-19(13)32-14-5-6-18-15(8-14)27-12-30(18)2/h5-12H,1-4H3,(H,25,26,28). The lowest BCUT2D eigenvalue weighted by atomic mass is 10.1. The van der Waals surface area contributed by atoms with E-state index in [-0.39, 0.29) is 0 Å². The van der Waals surface area contributed by atoms with Crippen molar-refractivity contribution in [2.24, 2.45) is 7.05 Å². The van der Waals surface area contributed by atoms with Crippen LogP contribution in [-0.4, -0.2) is 42.9 Å². The highest BCUT2D eigenvalue weighted by Crippen LogP contribution is 2.37. The molecule has 10 heteroatoms. The van der Waals surface area contributed by atoms with Gasteiger partial charge in [-0.05, 0) is 36.9 Å². The molecule has 0 radical (unpaired) electrons. The predicted molar refractivity (Wildman–Crippen MR) is 129 cm³/mol. The Kier molecular flexibility index (Phi) is 5.43. The third kappa shape index (κ3) is 4.00. The molecule has 9 nitrogen and oxygen atoms in total. The number of aryl methyl sites for hydroxylation is 2. The fourth-order valence-corrected chi connectivity index (χ4v) is 3.85. The summed E-state index contributed by atoms with van der Waals surface area (Å²) in [5, 5.41) is 3.98. The van der Waals surface area contributed by atoms with Crippen LogP contribution in [0.3, 0.4) is 0 Å². The largest absolute Gasteiger partial charge is 0.494 e. The second kappa shape index (κ2) is 8.55. The molecule has 0 saturated carbocycles. The van der Waals surface area contributed by atoms with E-state index in [4.69, 9.17) is 9.47 Å². The highest BCUT2D eigenvalue weighted by Gasteiger charge is 2.14. The Balaban J connectivity index is 1.48. The molecule has 33 heavy (non-hydrogen) atoms. The Hall–Kier alpha value is -3.92. The van der Waals surface area contributed by atoms with E-state index in [2.05, 4.69) is 30.2 Å². The predicted octanol–water partition coefficient (Wildman–Crippen LogP) is 4.88. The minimum absolute atomic E-state index is 0.574. The Bertz CT molecular complexity index is 1490. The number of methoxy groups -OCH3 is 1. The van der Waals surface area contributed by atoms with Crippen molar-refractivity contribution in [2.75, 3.05) is 18.7 Å². The number of fused-ring (bicyclic) bond motifs is 2. The number of nitrogens with zero attached hydrogens (tertiary/aromatic N) is 6. The summed E-state index contributed by atoms with van der Waals surface area (Å²) >= 11 is 1.46. The fraction of sp³-hybridized carbons (Fsp3) is 0.174. The normalized spacial score (nSPS) is 11.2. The van der Waals surface area contributed by atoms with Crippen molar-refractivity contribution < 1.29 is 9.47 Å². The number of nitrogens with one attached hydrogen (secondary N) is 1. The first-order chi connectivity index (χ1) is 16.1. The van der Waals surface area contributed by atoms with Gasteiger partial charge in [0.05, 0.1) is 36.4 Å². The molecule has 5 aromatic rings. The minimum atomic E-state index is 0.574. The number of hydrogen-bond donors (Lipinski definition) is 1. The highest BCUT2D eigenvalue weighted by atomic mass is 32.2. The van der Waals surface area contributed by atoms with Crippen LogP contribution in [0.4, 0.5) is 11.5 Å². The number of benzene rings is 2. The third-order valence-corrected chi connectivity index (χ3v) is 5.77. The lowest BCUT2D eigenvalue weighted by Gasteiger charge is -2.16. The zero-order valence-electron chi connectivity index (χ0n) is 18.5. The number of thioether (sulfide) groups is 1. The van der Waals surface area contributed by atoms with Crippen LogP contribution < -0.4 is 14.8 Å². The van der Waals surface area contributed by atoms with E-state index in [0.29, 0.717) is 39.3 Å². The third-order valence-electron chi connectivity index (χ3n) is 5.21. The topological polar surface area (TPSA) is 99.9 Å². The van der Waals surface area contributed by atoms with Crippen molar-refractivity contribution >= 4 is 45.3 Å². The van der Waals surface area contributed by atoms with Gasteiger partial charge in [-0.2, -0.15) is 0 Å². The molecule has 0 unspecified atom stereocenters. The van der Waals surface area contributed by atoms with Crippen molar-refractivity contribution in [3.8, 4) is 17.2 Å². The molecule has 0 aliphatic rings. The number of hydrogen-bond acceptors (Lipinski definition) is 9. The summed E-state index contributed by atoms with van der Waals surface area (Å²) in [6.07, 6.45) is 6.89. The van der Waals surface area contributed by atoms with E-state index < -0.39 is 0 Å². The van der Waals surface area contributed by atoms with Gasteiger partial charge in [-0.3, -0.25) is 0 Å². The van der Waals surface area contributed by atoms with Crippen LogP contribution in [-0.2, 0) is 7.05 Å². The highest BCUT2D eigenvalue weighted by molar-refractivity contribution is 7.98. The summed E-state index contributed by atoms with van der Waals surface area (Å²) in [6.45, 7) is 1.98. The van der Waals surface area contributed by atoms with Gasteiger partial charge in [-0.15, -0.1) is 0 Å². The van der Waals surface area contributed by atoms with Gasteiger partial charge >= 0.3 is 0 Å². The van der Waals surface area contributed by atoms with E-state index in [1.54, 1.807) is 19.6 Å². The monoisotopic (exact) mass is 459 g/mol. The molecule has 0 spiro atoms. The van der Waals surface area contributed by atoms with Crippen LogP contribution in [0.5, 0.6) is 17.2 Å². The maximum absolute atomic E-state index is 6.17. The molecule has 0 amide bonds. The summed E-state index contributed by atoms with van der Waals surface area (Å²) in [5.41, 5.74) is 4.89. The van der Waals surface area contributed by atoms with Crippen LogP contribution in [0, 0.1) is 6.92 Å². The quantitative estimate of drug-likeness (QED) is 0.281. The Morgan fingerprint density at radius 2 is 1.88 bits per heavy atom. The van der Waals surface area contributed by atoms with Gasteiger partial charge in [0.15, 0.2) is 11.0 Å². The molecule has 2 aromatic carbocycles. The van der Waals surface area contributed by atoms with Gasteiger partial charge < -0.3 is 19.4 Å². The molecule has 1 N–H and O–H groups in total. The van der Waals surface area contributed by atoms with E-state index >= 15 is 0 Å². The number of rotatable bonds is 6. The fourth-order valence-electron chi connectivity index (χ4n) is 3.51. The van der Waals surface area contributed by atoms with Gasteiger partial charge in [-0.1, -0.05) is 11.8 Å². The summed E-state index contributed by atoms with van der Waals surface area (Å²) in [7, 11) is 3.58. The van der Waals surface area contributed by atoms with Crippen molar-refractivity contribution in [2.45, 2.75) is 12.1 Å². The number of imidazole rings is 1. The first-order valence-electron chi connectivity index (χ1n) is 10.1. The molecular formula is C23H21N7O2S. The average molecular weight is 460 g/mol. The molecule has 3 aromatic heterocycles. The lowest BCUT2D eigenvalue weighted by molar-refractivity contribution is 0.410. The molecular weight excluding hydrogens is 438 g/mol. The minimum Gasteiger partial charge on any atom is -0.494 e. The molecule has 3 heterocycles. The second-order valence-corrected chi connectivity index (χ2v) is 8.14. The molecule has 0 aliphatic carbocycles. The smallest absolute Gasteiger partial charge is 0.188 e. The van der Waals surface area contributed by atoms with Crippen molar-refractivity contribution in [3.05, 3.63) is 54.7 Å².